The van der Waals surface area contributed by atoms with Gasteiger partial charge in [0.05, 0.1) is 30.9 Å². The highest BCUT2D eigenvalue weighted by Gasteiger charge is 2.76. The zero-order valence-corrected chi connectivity index (χ0v) is 28.1. The van der Waals surface area contributed by atoms with E-state index in [-0.39, 0.29) is 47.4 Å². The number of guanidine groups is 1. The summed E-state index contributed by atoms with van der Waals surface area (Å²) in [4.78, 5) is 20.2. The molecule has 0 aromatic carbocycles. The number of carboxylic acids is 1. The van der Waals surface area contributed by atoms with E-state index in [1.807, 2.05) is 13.2 Å². The number of nitrogens with zero attached hydrogens (tertiary/aromatic N) is 2. The number of hydrogen-bond acceptors (Lipinski definition) is 7. The molecule has 1 saturated heterocycles. The zero-order chi connectivity index (χ0) is 33.0. The molecule has 258 valence electrons. The van der Waals surface area contributed by atoms with Crippen molar-refractivity contribution in [2.24, 2.45) is 57.1 Å². The first-order valence-electron chi connectivity index (χ1n) is 18.1. The lowest BCUT2D eigenvalue weighted by Gasteiger charge is -2.61. The Morgan fingerprint density at radius 2 is 1.94 bits per heavy atom. The number of rotatable bonds is 9. The molecule has 7 aliphatic rings. The molecule has 0 radical (unpaired) electrons. The van der Waals surface area contributed by atoms with E-state index in [1.165, 1.54) is 0 Å². The van der Waals surface area contributed by atoms with Gasteiger partial charge in [0.1, 0.15) is 5.60 Å². The van der Waals surface area contributed by atoms with E-state index >= 15 is 0 Å². The SMILES string of the molecule is CNCCN=C(N)N1C=C[C@H](CNCCO)[C@@]2(C1)[C@@H]1CC[C@@H](C)[C@]23C[C@](O)([C@@H]2CC[C@H]4CC[C@@H]5C=CC=C[C@@H]5[C@H]4O2)C(C(=O)O)=C3C1. The number of aliphatic carboxylic acids is 1. The summed E-state index contributed by atoms with van der Waals surface area (Å²) in [6.45, 7) is 5.38. The van der Waals surface area contributed by atoms with E-state index in [1.54, 1.807) is 0 Å². The smallest absolute Gasteiger partial charge is 0.334 e. The van der Waals surface area contributed by atoms with Gasteiger partial charge in [0.15, 0.2) is 5.96 Å². The molecule has 47 heavy (non-hydrogen) atoms. The number of nitrogens with two attached hydrogens (primary N) is 1. The molecule has 7 N–H and O–H groups in total. The third-order valence-electron chi connectivity index (χ3n) is 13.7. The molecule has 0 amide bonds. The Hall–Kier alpha value is -2.50. The summed E-state index contributed by atoms with van der Waals surface area (Å²) in [6, 6.07) is 0. The highest BCUT2D eigenvalue weighted by Crippen LogP contribution is 2.77. The number of aliphatic hydroxyl groups excluding tert-OH is 1. The molecule has 11 atom stereocenters. The fourth-order valence-electron chi connectivity index (χ4n) is 11.7. The fraction of sp³-hybridized carbons (Fsp3) is 0.730. The molecule has 0 unspecified atom stereocenters. The zero-order valence-electron chi connectivity index (χ0n) is 28.1. The van der Waals surface area contributed by atoms with Crippen molar-refractivity contribution < 1.29 is 24.9 Å². The highest BCUT2D eigenvalue weighted by molar-refractivity contribution is 5.92. The van der Waals surface area contributed by atoms with Crippen LogP contribution >= 0.6 is 0 Å². The summed E-state index contributed by atoms with van der Waals surface area (Å²) < 4.78 is 7.02. The molecule has 3 saturated carbocycles. The number of nitrogens with one attached hydrogen (secondary N) is 2. The second kappa shape index (κ2) is 12.8. The lowest BCUT2D eigenvalue weighted by atomic mass is 9.45. The summed E-state index contributed by atoms with van der Waals surface area (Å²) in [7, 11) is 1.90. The molecule has 5 aliphatic carbocycles. The van der Waals surface area contributed by atoms with Crippen LogP contribution in [0.4, 0.5) is 0 Å². The predicted molar refractivity (Wildman–Crippen MR) is 181 cm³/mol. The van der Waals surface area contributed by atoms with Gasteiger partial charge < -0.3 is 41.3 Å². The third kappa shape index (κ3) is 4.99. The average Bonchev–Trinajstić information content (AvgIpc) is 3.43. The van der Waals surface area contributed by atoms with Crippen LogP contribution in [0.25, 0.3) is 0 Å². The minimum absolute atomic E-state index is 0.0154. The molecule has 7 rings (SSSR count). The standard InChI is InChI=1S/C37H55N5O5/c1-23-7-11-26-19-29-31(33(44)45)37(46,30-12-10-25-9-8-24-5-3-4-6-28(24)32(25)47-30)21-35(23,29)36(26)22-42(34(38)41-15-14-39-2)17-13-27(36)20-40-16-18-43/h3-6,13,17,23-28,30,32,39-40,43,46H,7-12,14-16,18-22H2,1-2H3,(H2,38,41)(H,44,45)/t23-,24+,25-,26-,27-,28+,30+,32+,35+,36-,37+/m1/s1. The lowest BCUT2D eigenvalue weighted by Crippen LogP contribution is -2.63. The maximum atomic E-state index is 13.5. The number of hydrogen-bond donors (Lipinski definition) is 6. The molecular formula is C37H55N5O5. The molecule has 2 heterocycles. The second-order valence-electron chi connectivity index (χ2n) is 15.5. The van der Waals surface area contributed by atoms with Crippen molar-refractivity contribution in [3.05, 3.63) is 47.7 Å². The van der Waals surface area contributed by atoms with Gasteiger partial charge in [-0.05, 0) is 93.6 Å². The van der Waals surface area contributed by atoms with Crippen LogP contribution in [0.5, 0.6) is 0 Å². The largest absolute Gasteiger partial charge is 0.478 e. The minimum atomic E-state index is -1.58. The summed E-state index contributed by atoms with van der Waals surface area (Å²) in [5, 5.41) is 40.3. The van der Waals surface area contributed by atoms with Crippen LogP contribution in [-0.2, 0) is 9.53 Å². The van der Waals surface area contributed by atoms with Crippen LogP contribution in [0.15, 0.2) is 52.7 Å². The summed E-state index contributed by atoms with van der Waals surface area (Å²) >= 11 is 0. The molecule has 10 heteroatoms. The first-order chi connectivity index (χ1) is 22.7. The van der Waals surface area contributed by atoms with Crippen LogP contribution < -0.4 is 16.4 Å². The van der Waals surface area contributed by atoms with E-state index in [9.17, 15) is 20.1 Å². The van der Waals surface area contributed by atoms with Gasteiger partial charge in [0, 0.05) is 49.1 Å². The summed E-state index contributed by atoms with van der Waals surface area (Å²) in [6.07, 6.45) is 19.4. The van der Waals surface area contributed by atoms with E-state index < -0.39 is 23.1 Å². The maximum Gasteiger partial charge on any atom is 0.334 e. The fourth-order valence-corrected chi connectivity index (χ4v) is 11.7. The molecule has 2 aliphatic heterocycles. The summed E-state index contributed by atoms with van der Waals surface area (Å²) in [5.74, 6) is 1.05. The topological polar surface area (TPSA) is 153 Å². The van der Waals surface area contributed by atoms with Gasteiger partial charge in [0.2, 0.25) is 0 Å². The van der Waals surface area contributed by atoms with Gasteiger partial charge in [-0.15, -0.1) is 0 Å². The Bertz CT molecular complexity index is 1380. The van der Waals surface area contributed by atoms with Gasteiger partial charge in [0.25, 0.3) is 0 Å². The van der Waals surface area contributed by atoms with Crippen molar-refractivity contribution in [3.63, 3.8) is 0 Å². The highest BCUT2D eigenvalue weighted by atomic mass is 16.5. The van der Waals surface area contributed by atoms with Gasteiger partial charge in [-0.25, -0.2) is 4.79 Å². The Morgan fingerprint density at radius 3 is 2.72 bits per heavy atom. The number of allylic oxidation sites excluding steroid dienone is 4. The van der Waals surface area contributed by atoms with Crippen LogP contribution in [0.1, 0.15) is 58.3 Å². The lowest BCUT2D eigenvalue weighted by molar-refractivity contribution is -0.199. The van der Waals surface area contributed by atoms with Gasteiger partial charge in [-0.2, -0.15) is 0 Å². The molecule has 0 aromatic rings. The van der Waals surface area contributed by atoms with Crippen molar-refractivity contribution in [1.82, 2.24) is 15.5 Å². The number of carbonyl (C=O) groups is 1. The quantitative estimate of drug-likeness (QED) is 0.126. The van der Waals surface area contributed by atoms with Crippen molar-refractivity contribution in [2.75, 3.05) is 46.4 Å². The van der Waals surface area contributed by atoms with Gasteiger partial charge in [-0.1, -0.05) is 37.3 Å². The Morgan fingerprint density at radius 1 is 1.13 bits per heavy atom. The van der Waals surface area contributed by atoms with Crippen LogP contribution in [0.2, 0.25) is 0 Å². The molecule has 4 fully saturated rings. The molecule has 0 aromatic heterocycles. The van der Waals surface area contributed by atoms with E-state index in [4.69, 9.17) is 10.5 Å². The molecule has 2 bridgehead atoms. The molecule has 10 nitrogen and oxygen atoms in total. The first kappa shape index (κ1) is 33.0. The average molecular weight is 650 g/mol. The van der Waals surface area contributed by atoms with E-state index in [0.29, 0.717) is 63.2 Å². The van der Waals surface area contributed by atoms with Crippen LogP contribution in [0.3, 0.4) is 0 Å². The normalized spacial score (nSPS) is 43.7. The number of ether oxygens (including phenoxy) is 1. The molecular weight excluding hydrogens is 594 g/mol. The van der Waals surface area contributed by atoms with Crippen molar-refractivity contribution in [3.8, 4) is 0 Å². The second-order valence-corrected chi connectivity index (χ2v) is 15.5. The van der Waals surface area contributed by atoms with E-state index in [0.717, 1.165) is 44.2 Å². The van der Waals surface area contributed by atoms with Gasteiger partial charge >= 0.3 is 5.97 Å². The Kier molecular flexibility index (Phi) is 8.96. The number of carboxylic acid groups (broad SMARTS) is 1. The first-order valence-corrected chi connectivity index (χ1v) is 18.1. The number of fused-ring (bicyclic) bond motifs is 3. The van der Waals surface area contributed by atoms with Crippen molar-refractivity contribution in [2.45, 2.75) is 76.1 Å². The minimum Gasteiger partial charge on any atom is -0.478 e. The van der Waals surface area contributed by atoms with E-state index in [2.05, 4.69) is 57.8 Å². The third-order valence-corrected chi connectivity index (χ3v) is 13.7. The monoisotopic (exact) mass is 649 g/mol. The number of aliphatic imine (C=N–C) groups is 1. The van der Waals surface area contributed by atoms with Gasteiger partial charge in [-0.3, -0.25) is 4.99 Å². The summed E-state index contributed by atoms with van der Waals surface area (Å²) in [5.41, 5.74) is 5.30. The Labute approximate surface area is 279 Å². The molecule has 2 spiro atoms. The predicted octanol–water partition coefficient (Wildman–Crippen LogP) is 2.80. The number of aliphatic hydroxyl groups is 2. The van der Waals surface area contributed by atoms with Crippen LogP contribution in [0, 0.1) is 46.3 Å². The van der Waals surface area contributed by atoms with Crippen molar-refractivity contribution >= 4 is 11.9 Å². The Balaban J connectivity index is 1.30. The number of likely N-dealkylation sites (N-methyl/N-ethyl adjacent to an activating group) is 1. The maximum absolute atomic E-state index is 13.5. The van der Waals surface area contributed by atoms with Crippen molar-refractivity contribution in [1.29, 1.82) is 0 Å². The van der Waals surface area contributed by atoms with Crippen LogP contribution in [-0.4, -0.2) is 96.3 Å².